The Morgan fingerprint density at radius 2 is 2.07 bits per heavy atom. The van der Waals surface area contributed by atoms with E-state index in [2.05, 4.69) is 15.9 Å². The number of halogens is 2. The fraction of sp³-hybridized carbons (Fsp3) is 0.400. The quantitative estimate of drug-likeness (QED) is 0.857. The van der Waals surface area contributed by atoms with Gasteiger partial charge in [-0.2, -0.15) is 0 Å². The summed E-state index contributed by atoms with van der Waals surface area (Å²) in [6.07, 6.45) is 1.54. The molecule has 1 aromatic carbocycles. The number of benzene rings is 1. The van der Waals surface area contributed by atoms with Gasteiger partial charge in [0.25, 0.3) is 0 Å². The summed E-state index contributed by atoms with van der Waals surface area (Å²) in [5, 5.41) is 19.1. The van der Waals surface area contributed by atoms with Crippen molar-refractivity contribution in [2.24, 2.45) is 0 Å². The number of phenolic OH excluding ortho intramolecular Hbond substituents is 1. The molecule has 0 aliphatic heterocycles. The molecule has 0 amide bonds. The van der Waals surface area contributed by atoms with Crippen LogP contribution in [0.2, 0.25) is 0 Å². The first-order valence-electron chi connectivity index (χ1n) is 4.40. The predicted molar refractivity (Wildman–Crippen MR) is 53.7 cm³/mol. The van der Waals surface area contributed by atoms with Crippen molar-refractivity contribution in [2.45, 2.75) is 24.9 Å². The summed E-state index contributed by atoms with van der Waals surface area (Å²) in [6, 6.07) is 2.87. The fourth-order valence-electron chi connectivity index (χ4n) is 1.40. The summed E-state index contributed by atoms with van der Waals surface area (Å²) < 4.78 is 13.8. The zero-order valence-electron chi connectivity index (χ0n) is 7.43. The lowest BCUT2D eigenvalue weighted by atomic mass is 10.1. The van der Waals surface area contributed by atoms with Crippen LogP contribution in [0, 0.1) is 5.82 Å². The maximum atomic E-state index is 13.5. The molecule has 0 heterocycles. The first-order valence-corrected chi connectivity index (χ1v) is 5.19. The molecule has 2 N–H and O–H groups in total. The lowest BCUT2D eigenvalue weighted by Gasteiger charge is -2.11. The minimum Gasteiger partial charge on any atom is -0.508 e. The molecule has 0 spiro atoms. The largest absolute Gasteiger partial charge is 0.508 e. The van der Waals surface area contributed by atoms with Crippen LogP contribution >= 0.6 is 15.9 Å². The molecule has 0 radical (unpaired) electrons. The SMILES string of the molecule is Oc1ccc(Br)c(F)c1CC1(O)CC1. The highest BCUT2D eigenvalue weighted by atomic mass is 79.9. The van der Waals surface area contributed by atoms with Crippen LogP contribution in [-0.4, -0.2) is 15.8 Å². The molecular formula is C10H10BrFO2. The van der Waals surface area contributed by atoms with Gasteiger partial charge in [-0.3, -0.25) is 0 Å². The van der Waals surface area contributed by atoms with Crippen molar-refractivity contribution in [2.75, 3.05) is 0 Å². The molecular weight excluding hydrogens is 251 g/mol. The molecule has 1 fully saturated rings. The van der Waals surface area contributed by atoms with Crippen molar-refractivity contribution < 1.29 is 14.6 Å². The van der Waals surface area contributed by atoms with E-state index >= 15 is 0 Å². The van der Waals surface area contributed by atoms with Crippen molar-refractivity contribution >= 4 is 15.9 Å². The van der Waals surface area contributed by atoms with Crippen LogP contribution in [0.25, 0.3) is 0 Å². The summed E-state index contributed by atoms with van der Waals surface area (Å²) in [7, 11) is 0. The van der Waals surface area contributed by atoms with Gasteiger partial charge in [-0.25, -0.2) is 4.39 Å². The summed E-state index contributed by atoms with van der Waals surface area (Å²) in [5.41, 5.74) is -0.599. The van der Waals surface area contributed by atoms with Gasteiger partial charge in [0.15, 0.2) is 0 Å². The van der Waals surface area contributed by atoms with E-state index in [1.165, 1.54) is 12.1 Å². The number of hydrogen-bond acceptors (Lipinski definition) is 2. The lowest BCUT2D eigenvalue weighted by Crippen LogP contribution is -2.12. The van der Waals surface area contributed by atoms with Crippen LogP contribution in [-0.2, 0) is 6.42 Å². The monoisotopic (exact) mass is 260 g/mol. The molecule has 0 unspecified atom stereocenters. The Labute approximate surface area is 89.5 Å². The van der Waals surface area contributed by atoms with Gasteiger partial charge in [0, 0.05) is 12.0 Å². The third-order valence-corrected chi connectivity index (χ3v) is 3.12. The van der Waals surface area contributed by atoms with Gasteiger partial charge in [-0.05, 0) is 40.9 Å². The zero-order valence-corrected chi connectivity index (χ0v) is 9.01. The smallest absolute Gasteiger partial charge is 0.144 e. The van der Waals surface area contributed by atoms with Gasteiger partial charge in [-0.15, -0.1) is 0 Å². The third-order valence-electron chi connectivity index (χ3n) is 2.50. The Hall–Kier alpha value is -0.610. The maximum absolute atomic E-state index is 13.5. The molecule has 1 saturated carbocycles. The minimum atomic E-state index is -0.793. The molecule has 2 nitrogen and oxygen atoms in total. The molecule has 14 heavy (non-hydrogen) atoms. The third kappa shape index (κ3) is 1.77. The molecule has 4 heteroatoms. The number of hydrogen-bond donors (Lipinski definition) is 2. The van der Waals surface area contributed by atoms with Gasteiger partial charge >= 0.3 is 0 Å². The topological polar surface area (TPSA) is 40.5 Å². The summed E-state index contributed by atoms with van der Waals surface area (Å²) in [6.45, 7) is 0. The first-order chi connectivity index (χ1) is 6.52. The molecule has 1 aliphatic rings. The van der Waals surface area contributed by atoms with Gasteiger partial charge in [0.1, 0.15) is 11.6 Å². The van der Waals surface area contributed by atoms with E-state index in [4.69, 9.17) is 0 Å². The number of phenols is 1. The highest BCUT2D eigenvalue weighted by molar-refractivity contribution is 9.10. The van der Waals surface area contributed by atoms with E-state index in [1.54, 1.807) is 0 Å². The summed E-state index contributed by atoms with van der Waals surface area (Å²) in [5.74, 6) is -0.573. The first kappa shape index (κ1) is 9.93. The van der Waals surface area contributed by atoms with Crippen molar-refractivity contribution in [3.8, 4) is 5.75 Å². The van der Waals surface area contributed by atoms with E-state index in [9.17, 15) is 14.6 Å². The maximum Gasteiger partial charge on any atom is 0.144 e. The molecule has 0 saturated heterocycles. The molecule has 2 rings (SSSR count). The average molecular weight is 261 g/mol. The Bertz CT molecular complexity index is 375. The molecule has 1 aliphatic carbocycles. The standard InChI is InChI=1S/C10H10BrFO2/c11-7-1-2-8(13)6(9(7)12)5-10(14)3-4-10/h1-2,13-14H,3-5H2. The highest BCUT2D eigenvalue weighted by Crippen LogP contribution is 2.41. The van der Waals surface area contributed by atoms with Gasteiger partial charge in [0.05, 0.1) is 10.1 Å². The van der Waals surface area contributed by atoms with Crippen LogP contribution in [0.15, 0.2) is 16.6 Å². The van der Waals surface area contributed by atoms with Crippen molar-refractivity contribution in [3.63, 3.8) is 0 Å². The van der Waals surface area contributed by atoms with Gasteiger partial charge in [0.2, 0.25) is 0 Å². The van der Waals surface area contributed by atoms with E-state index < -0.39 is 11.4 Å². The Morgan fingerprint density at radius 1 is 1.43 bits per heavy atom. The molecule has 0 atom stereocenters. The average Bonchev–Trinajstić information content (AvgIpc) is 2.86. The second kappa shape index (κ2) is 3.21. The zero-order chi connectivity index (χ0) is 10.3. The summed E-state index contributed by atoms with van der Waals surface area (Å²) >= 11 is 3.04. The van der Waals surface area contributed by atoms with Crippen LogP contribution in [0.1, 0.15) is 18.4 Å². The number of aliphatic hydroxyl groups is 1. The molecule has 0 aromatic heterocycles. The molecule has 1 aromatic rings. The van der Waals surface area contributed by atoms with E-state index in [-0.39, 0.29) is 17.7 Å². The number of aromatic hydroxyl groups is 1. The van der Waals surface area contributed by atoms with Crippen LogP contribution in [0.5, 0.6) is 5.75 Å². The van der Waals surface area contributed by atoms with Crippen molar-refractivity contribution in [1.82, 2.24) is 0 Å². The van der Waals surface area contributed by atoms with Crippen LogP contribution in [0.3, 0.4) is 0 Å². The lowest BCUT2D eigenvalue weighted by molar-refractivity contribution is 0.148. The Balaban J connectivity index is 2.35. The van der Waals surface area contributed by atoms with E-state index in [0.717, 1.165) is 0 Å². The van der Waals surface area contributed by atoms with Crippen molar-refractivity contribution in [3.05, 3.63) is 28.0 Å². The Morgan fingerprint density at radius 3 is 2.64 bits per heavy atom. The van der Waals surface area contributed by atoms with Crippen molar-refractivity contribution in [1.29, 1.82) is 0 Å². The second-order valence-electron chi connectivity index (χ2n) is 3.76. The Kier molecular flexibility index (Phi) is 2.27. The summed E-state index contributed by atoms with van der Waals surface area (Å²) in [4.78, 5) is 0. The fourth-order valence-corrected chi connectivity index (χ4v) is 1.77. The second-order valence-corrected chi connectivity index (χ2v) is 4.61. The molecule has 76 valence electrons. The normalized spacial score (nSPS) is 18.2. The van der Waals surface area contributed by atoms with Crippen LogP contribution < -0.4 is 0 Å². The van der Waals surface area contributed by atoms with Gasteiger partial charge < -0.3 is 10.2 Å². The minimum absolute atomic E-state index is 0.0916. The van der Waals surface area contributed by atoms with Crippen LogP contribution in [0.4, 0.5) is 4.39 Å². The number of rotatable bonds is 2. The van der Waals surface area contributed by atoms with E-state index in [1.807, 2.05) is 0 Å². The van der Waals surface area contributed by atoms with Gasteiger partial charge in [-0.1, -0.05) is 0 Å². The van der Waals surface area contributed by atoms with E-state index in [0.29, 0.717) is 17.3 Å². The molecule has 0 bridgehead atoms. The highest BCUT2D eigenvalue weighted by Gasteiger charge is 2.41. The predicted octanol–water partition coefficient (Wildman–Crippen LogP) is 2.36.